The van der Waals surface area contributed by atoms with Crippen LogP contribution in [-0.4, -0.2) is 47.4 Å². The van der Waals surface area contributed by atoms with Crippen LogP contribution in [0.25, 0.3) is 0 Å². The molecule has 0 spiro atoms. The van der Waals surface area contributed by atoms with E-state index in [4.69, 9.17) is 4.74 Å². The summed E-state index contributed by atoms with van der Waals surface area (Å²) in [7, 11) is -3.74. The third-order valence-corrected chi connectivity index (χ3v) is 7.59. The van der Waals surface area contributed by atoms with Crippen molar-refractivity contribution >= 4 is 16.1 Å². The lowest BCUT2D eigenvalue weighted by Crippen LogP contribution is -2.44. The molecule has 0 aromatic heterocycles. The molecule has 6 nitrogen and oxygen atoms in total. The number of fused-ring (bicyclic) bond motifs is 1. The van der Waals surface area contributed by atoms with Crippen molar-refractivity contribution in [2.75, 3.05) is 6.61 Å². The smallest absolute Gasteiger partial charge is 0.424 e. The van der Waals surface area contributed by atoms with Gasteiger partial charge in [0.1, 0.15) is 5.60 Å². The number of sulfonamides is 1. The van der Waals surface area contributed by atoms with Crippen molar-refractivity contribution in [2.45, 2.75) is 70.8 Å². The van der Waals surface area contributed by atoms with Gasteiger partial charge in [0, 0.05) is 12.5 Å². The molecule has 2 aliphatic rings. The van der Waals surface area contributed by atoms with E-state index in [-0.39, 0.29) is 18.4 Å². The van der Waals surface area contributed by atoms with Crippen LogP contribution in [0.4, 0.5) is 4.79 Å². The number of rotatable bonds is 2. The second-order valence-electron chi connectivity index (χ2n) is 7.77. The normalized spacial score (nSPS) is 36.6. The van der Waals surface area contributed by atoms with Gasteiger partial charge in [-0.2, -0.15) is 0 Å². The van der Waals surface area contributed by atoms with Crippen molar-refractivity contribution < 1.29 is 23.1 Å². The molecule has 0 aromatic carbocycles. The van der Waals surface area contributed by atoms with Gasteiger partial charge in [-0.15, -0.1) is 0 Å². The highest BCUT2D eigenvalue weighted by Gasteiger charge is 2.58. The molecule has 134 valence electrons. The maximum absolute atomic E-state index is 12.9. The summed E-state index contributed by atoms with van der Waals surface area (Å²) in [5, 5.41) is 9.22. The molecule has 2 fully saturated rings. The Morgan fingerprint density at radius 1 is 1.30 bits per heavy atom. The van der Waals surface area contributed by atoms with Gasteiger partial charge in [0.05, 0.1) is 11.3 Å². The van der Waals surface area contributed by atoms with Gasteiger partial charge in [-0.3, -0.25) is 0 Å². The van der Waals surface area contributed by atoms with E-state index in [0.717, 1.165) is 17.1 Å². The summed E-state index contributed by atoms with van der Waals surface area (Å²) >= 11 is 0. The maximum Gasteiger partial charge on any atom is 0.424 e. The van der Waals surface area contributed by atoms with Crippen molar-refractivity contribution in [2.24, 2.45) is 17.8 Å². The van der Waals surface area contributed by atoms with E-state index in [1.165, 1.54) is 0 Å². The van der Waals surface area contributed by atoms with E-state index < -0.39 is 33.0 Å². The summed E-state index contributed by atoms with van der Waals surface area (Å²) in [5.41, 5.74) is -0.748. The fourth-order valence-electron chi connectivity index (χ4n) is 4.28. The highest BCUT2D eigenvalue weighted by Crippen LogP contribution is 2.48. The quantitative estimate of drug-likeness (QED) is 0.829. The third kappa shape index (κ3) is 3.22. The number of amides is 1. The zero-order valence-electron chi connectivity index (χ0n) is 14.7. The van der Waals surface area contributed by atoms with E-state index in [9.17, 15) is 18.3 Å². The number of aliphatic hydroxyl groups excluding tert-OH is 1. The summed E-state index contributed by atoms with van der Waals surface area (Å²) < 4.78 is 32.0. The molecule has 1 saturated heterocycles. The minimum atomic E-state index is -3.74. The van der Waals surface area contributed by atoms with Gasteiger partial charge in [-0.05, 0) is 52.4 Å². The zero-order chi connectivity index (χ0) is 17.6. The number of hydrogen-bond donors (Lipinski definition) is 1. The number of hydrogen-bond acceptors (Lipinski definition) is 5. The van der Waals surface area contributed by atoms with Crippen LogP contribution in [0.2, 0.25) is 0 Å². The largest absolute Gasteiger partial charge is 0.443 e. The molecule has 2 rings (SSSR count). The molecule has 0 aromatic rings. The maximum atomic E-state index is 12.9. The predicted molar refractivity (Wildman–Crippen MR) is 87.3 cm³/mol. The Bertz CT molecular complexity index is 553. The van der Waals surface area contributed by atoms with Crippen molar-refractivity contribution in [1.29, 1.82) is 0 Å². The number of carbonyl (C=O) groups excluding carboxylic acids is 1. The molecular formula is C16H29NO5S. The Morgan fingerprint density at radius 3 is 2.39 bits per heavy atom. The molecule has 0 bridgehead atoms. The number of aliphatic hydroxyl groups is 1. The zero-order valence-corrected chi connectivity index (χ0v) is 15.5. The van der Waals surface area contributed by atoms with Gasteiger partial charge in [0.2, 0.25) is 10.0 Å². The molecule has 1 aliphatic heterocycles. The first kappa shape index (κ1) is 18.5. The summed E-state index contributed by atoms with van der Waals surface area (Å²) in [6.07, 6.45) is 1.43. The minimum Gasteiger partial charge on any atom is -0.443 e. The molecule has 23 heavy (non-hydrogen) atoms. The van der Waals surface area contributed by atoms with Crippen LogP contribution in [0.15, 0.2) is 0 Å². The predicted octanol–water partition coefficient (Wildman–Crippen LogP) is 2.37. The van der Waals surface area contributed by atoms with Crippen LogP contribution in [0.1, 0.15) is 53.9 Å². The summed E-state index contributed by atoms with van der Waals surface area (Å²) in [6.45, 7) is 8.93. The Labute approximate surface area is 139 Å². The van der Waals surface area contributed by atoms with E-state index in [2.05, 4.69) is 6.92 Å². The molecule has 0 radical (unpaired) electrons. The lowest BCUT2D eigenvalue weighted by atomic mass is 9.68. The van der Waals surface area contributed by atoms with E-state index in [1.807, 2.05) is 0 Å². The molecule has 5 atom stereocenters. The van der Waals surface area contributed by atoms with Crippen LogP contribution in [-0.2, 0) is 14.8 Å². The van der Waals surface area contributed by atoms with Gasteiger partial charge in [0.25, 0.3) is 0 Å². The molecule has 1 N–H and O–H groups in total. The number of nitrogens with zero attached hydrogens (tertiary/aromatic N) is 1. The van der Waals surface area contributed by atoms with E-state index >= 15 is 0 Å². The highest BCUT2D eigenvalue weighted by atomic mass is 32.2. The minimum absolute atomic E-state index is 0.0400. The first-order valence-corrected chi connectivity index (χ1v) is 9.92. The second kappa shape index (κ2) is 6.24. The molecular weight excluding hydrogens is 318 g/mol. The summed E-state index contributed by atoms with van der Waals surface area (Å²) in [4.78, 5) is 12.4. The average molecular weight is 347 g/mol. The third-order valence-electron chi connectivity index (χ3n) is 5.24. The molecule has 7 heteroatoms. The van der Waals surface area contributed by atoms with Crippen molar-refractivity contribution in [3.8, 4) is 0 Å². The van der Waals surface area contributed by atoms with Crippen molar-refractivity contribution in [1.82, 2.24) is 4.31 Å². The monoisotopic (exact) mass is 347 g/mol. The van der Waals surface area contributed by atoms with Crippen LogP contribution < -0.4 is 0 Å². The standard InChI is InChI=1S/C16H29NO5S/c1-6-11-7-8-13-14(12(11)9-18)10(2)17(23(13,20)21)15(19)22-16(3,4)5/h10-14,18H,6-9H2,1-5H3/t10-,11-,12+,13-,14+/m1/s1. The van der Waals surface area contributed by atoms with Crippen LogP contribution in [0.3, 0.4) is 0 Å². The second-order valence-corrected chi connectivity index (χ2v) is 9.80. The van der Waals surface area contributed by atoms with E-state index in [0.29, 0.717) is 12.3 Å². The average Bonchev–Trinajstić information content (AvgIpc) is 2.62. The van der Waals surface area contributed by atoms with Crippen LogP contribution in [0, 0.1) is 17.8 Å². The van der Waals surface area contributed by atoms with Crippen molar-refractivity contribution in [3.63, 3.8) is 0 Å². The fourth-order valence-corrected chi connectivity index (χ4v) is 6.68. The van der Waals surface area contributed by atoms with Crippen LogP contribution >= 0.6 is 0 Å². The lowest BCUT2D eigenvalue weighted by Gasteiger charge is -2.38. The Morgan fingerprint density at radius 2 is 1.91 bits per heavy atom. The molecule has 0 unspecified atom stereocenters. The lowest BCUT2D eigenvalue weighted by molar-refractivity contribution is 0.0235. The van der Waals surface area contributed by atoms with Gasteiger partial charge < -0.3 is 9.84 Å². The van der Waals surface area contributed by atoms with Crippen molar-refractivity contribution in [3.05, 3.63) is 0 Å². The van der Waals surface area contributed by atoms with Gasteiger partial charge in [0.15, 0.2) is 0 Å². The Hall–Kier alpha value is -0.820. The SMILES string of the molecule is CC[C@@H]1CC[C@@H]2[C@H]([C@H]1CO)[C@@H](C)N(C(=O)OC(C)(C)C)S2(=O)=O. The summed E-state index contributed by atoms with van der Waals surface area (Å²) in [5.74, 6) is -0.00957. The molecule has 1 amide bonds. The fraction of sp³-hybridized carbons (Fsp3) is 0.938. The Kier molecular flexibility index (Phi) is 5.02. The first-order valence-electron chi connectivity index (χ1n) is 8.41. The molecule has 1 aliphatic carbocycles. The Balaban J connectivity index is 2.36. The molecule has 1 saturated carbocycles. The van der Waals surface area contributed by atoms with Gasteiger partial charge in [-0.25, -0.2) is 17.5 Å². The van der Waals surface area contributed by atoms with Gasteiger partial charge in [-0.1, -0.05) is 13.3 Å². The molecule has 1 heterocycles. The first-order chi connectivity index (χ1) is 10.5. The number of ether oxygens (including phenoxy) is 1. The van der Waals surface area contributed by atoms with Crippen LogP contribution in [0.5, 0.6) is 0 Å². The highest BCUT2D eigenvalue weighted by molar-refractivity contribution is 7.90. The van der Waals surface area contributed by atoms with Gasteiger partial charge >= 0.3 is 6.09 Å². The van der Waals surface area contributed by atoms with E-state index in [1.54, 1.807) is 27.7 Å². The topological polar surface area (TPSA) is 83.9 Å². The summed E-state index contributed by atoms with van der Waals surface area (Å²) in [6, 6.07) is -0.480. The number of carbonyl (C=O) groups is 1.